The Hall–Kier alpha value is -2.84. The number of nitrogens with one attached hydrogen (secondary N) is 3. The van der Waals surface area contributed by atoms with E-state index in [1.807, 2.05) is 41.5 Å². The number of nitrogens with zero attached hydrogens (tertiary/aromatic N) is 2. The average molecular weight is 369 g/mol. The highest BCUT2D eigenvalue weighted by molar-refractivity contribution is 5.93. The van der Waals surface area contributed by atoms with Crippen LogP contribution in [0.4, 0.5) is 0 Å². The highest BCUT2D eigenvalue weighted by atomic mass is 16.5. The highest BCUT2D eigenvalue weighted by Gasteiger charge is 2.28. The summed E-state index contributed by atoms with van der Waals surface area (Å²) in [6, 6.07) is 11.7. The van der Waals surface area contributed by atoms with Crippen molar-refractivity contribution in [1.29, 1.82) is 0 Å². The first kappa shape index (κ1) is 17.6. The molecule has 1 saturated carbocycles. The van der Waals surface area contributed by atoms with Gasteiger partial charge in [0.2, 0.25) is 0 Å². The molecule has 8 nitrogen and oxygen atoms in total. The molecule has 1 aromatic carbocycles. The van der Waals surface area contributed by atoms with Crippen LogP contribution in [0, 0.1) is 0 Å². The predicted octanol–water partition coefficient (Wildman–Crippen LogP) is 1.54. The Balaban J connectivity index is 1.30. The summed E-state index contributed by atoms with van der Waals surface area (Å²) in [5.74, 6) is 0.386. The normalized spacial score (nSPS) is 22.3. The minimum absolute atomic E-state index is 0.0163. The molecule has 1 aliphatic carbocycles. The molecule has 8 heteroatoms. The first-order chi connectivity index (χ1) is 13.2. The van der Waals surface area contributed by atoms with Crippen LogP contribution in [0.5, 0.6) is 0 Å². The van der Waals surface area contributed by atoms with Gasteiger partial charge in [-0.3, -0.25) is 9.80 Å². The lowest BCUT2D eigenvalue weighted by atomic mass is 9.91. The summed E-state index contributed by atoms with van der Waals surface area (Å²) < 4.78 is 5.31. The van der Waals surface area contributed by atoms with Gasteiger partial charge in [-0.05, 0) is 25.7 Å². The van der Waals surface area contributed by atoms with Gasteiger partial charge in [0.15, 0.2) is 11.5 Å². The fourth-order valence-electron chi connectivity index (χ4n) is 3.52. The van der Waals surface area contributed by atoms with E-state index in [2.05, 4.69) is 21.4 Å². The summed E-state index contributed by atoms with van der Waals surface area (Å²) >= 11 is 0. The molecular formula is C19H23N5O3. The maximum atomic E-state index is 12.5. The summed E-state index contributed by atoms with van der Waals surface area (Å²) in [6.07, 6.45) is 5.57. The Kier molecular flexibility index (Phi) is 5.08. The molecule has 1 amide bonds. The van der Waals surface area contributed by atoms with Gasteiger partial charge in [0.1, 0.15) is 0 Å². The van der Waals surface area contributed by atoms with Gasteiger partial charge in [0, 0.05) is 29.9 Å². The van der Waals surface area contributed by atoms with Gasteiger partial charge in [-0.25, -0.2) is 0 Å². The van der Waals surface area contributed by atoms with E-state index in [-0.39, 0.29) is 18.6 Å². The maximum absolute atomic E-state index is 12.5. The third kappa shape index (κ3) is 3.96. The largest absolute Gasteiger partial charge is 0.390 e. The molecule has 142 valence electrons. The number of amides is 1. The van der Waals surface area contributed by atoms with Crippen molar-refractivity contribution >= 4 is 5.91 Å². The zero-order valence-corrected chi connectivity index (χ0v) is 14.9. The van der Waals surface area contributed by atoms with Crippen LogP contribution in [0.3, 0.4) is 0 Å². The van der Waals surface area contributed by atoms with Crippen molar-refractivity contribution < 1.29 is 14.4 Å². The van der Waals surface area contributed by atoms with Gasteiger partial charge in [-0.15, -0.1) is 5.53 Å². The van der Waals surface area contributed by atoms with Crippen LogP contribution in [0.25, 0.3) is 11.3 Å². The molecule has 1 aromatic heterocycles. The van der Waals surface area contributed by atoms with E-state index >= 15 is 0 Å². The molecule has 2 aliphatic rings. The lowest BCUT2D eigenvalue weighted by Gasteiger charge is -2.34. The predicted molar refractivity (Wildman–Crippen MR) is 98.7 cm³/mol. The topological polar surface area (TPSA) is 103 Å². The molecule has 0 radical (unpaired) electrons. The van der Waals surface area contributed by atoms with Gasteiger partial charge in [0.25, 0.3) is 5.91 Å². The first-order valence-electron chi connectivity index (χ1n) is 9.17. The molecular weight excluding hydrogens is 346 g/mol. The van der Waals surface area contributed by atoms with Gasteiger partial charge in [0.05, 0.1) is 12.3 Å². The third-order valence-corrected chi connectivity index (χ3v) is 5.04. The number of aromatic nitrogens is 1. The lowest BCUT2D eigenvalue weighted by molar-refractivity contribution is 0.0894. The van der Waals surface area contributed by atoms with Crippen molar-refractivity contribution in [3.63, 3.8) is 0 Å². The Morgan fingerprint density at radius 3 is 2.74 bits per heavy atom. The zero-order valence-electron chi connectivity index (χ0n) is 14.9. The van der Waals surface area contributed by atoms with E-state index in [0.717, 1.165) is 36.9 Å². The Morgan fingerprint density at radius 2 is 2.04 bits per heavy atom. The van der Waals surface area contributed by atoms with Crippen LogP contribution in [0.1, 0.15) is 36.2 Å². The Bertz CT molecular complexity index is 812. The first-order valence-corrected chi connectivity index (χ1v) is 9.17. The molecule has 0 bridgehead atoms. The third-order valence-electron chi connectivity index (χ3n) is 5.04. The second-order valence-electron chi connectivity index (χ2n) is 6.88. The van der Waals surface area contributed by atoms with Gasteiger partial charge in [-0.2, -0.15) is 0 Å². The molecule has 2 aromatic rings. The van der Waals surface area contributed by atoms with Crippen molar-refractivity contribution in [3.8, 4) is 11.3 Å². The van der Waals surface area contributed by atoms with Crippen molar-refractivity contribution in [3.05, 3.63) is 54.0 Å². The monoisotopic (exact) mass is 369 g/mol. The number of carbonyl (C=O) groups excluding carboxylic acids is 1. The molecule has 4 N–H and O–H groups in total. The summed E-state index contributed by atoms with van der Waals surface area (Å²) in [5, 5.41) is 18.1. The number of aliphatic hydroxyl groups is 1. The Labute approximate surface area is 157 Å². The van der Waals surface area contributed by atoms with E-state index in [0.29, 0.717) is 17.5 Å². The molecule has 0 atom stereocenters. The number of hydrogen-bond acceptors (Lipinski definition) is 7. The van der Waals surface area contributed by atoms with Crippen molar-refractivity contribution in [2.75, 3.05) is 6.61 Å². The summed E-state index contributed by atoms with van der Waals surface area (Å²) in [4.78, 5) is 12.5. The standard InChI is InChI=1S/C19H23N5O3/c25-12-15-11-24(23-21-15)16-8-6-14(7-9-16)20-19(26)17-10-18(27-22-17)13-4-2-1-3-5-13/h1-5,10-11,14,16,21,23,25H,6-9,12H2,(H,20,26). The van der Waals surface area contributed by atoms with Crippen LogP contribution in [-0.4, -0.2) is 39.9 Å². The fraction of sp³-hybridized carbons (Fsp3) is 0.368. The average Bonchev–Trinajstić information content (AvgIpc) is 3.39. The summed E-state index contributed by atoms with van der Waals surface area (Å²) in [6.45, 7) is -0.0163. The van der Waals surface area contributed by atoms with E-state index in [1.54, 1.807) is 6.07 Å². The van der Waals surface area contributed by atoms with Gasteiger partial charge in [-0.1, -0.05) is 35.5 Å². The number of hydrogen-bond donors (Lipinski definition) is 4. The minimum Gasteiger partial charge on any atom is -0.390 e. The van der Waals surface area contributed by atoms with Crippen molar-refractivity contribution in [2.45, 2.75) is 37.8 Å². The number of benzene rings is 1. The maximum Gasteiger partial charge on any atom is 0.273 e. The van der Waals surface area contributed by atoms with Crippen LogP contribution >= 0.6 is 0 Å². The van der Waals surface area contributed by atoms with Crippen molar-refractivity contribution in [1.82, 2.24) is 26.4 Å². The van der Waals surface area contributed by atoms with E-state index in [9.17, 15) is 4.79 Å². The van der Waals surface area contributed by atoms with E-state index in [1.165, 1.54) is 0 Å². The van der Waals surface area contributed by atoms with E-state index in [4.69, 9.17) is 9.63 Å². The minimum atomic E-state index is -0.201. The fourth-order valence-corrected chi connectivity index (χ4v) is 3.52. The second-order valence-corrected chi connectivity index (χ2v) is 6.88. The number of hydrazine groups is 2. The SMILES string of the molecule is O=C(NC1CCC(N2C=C(CO)NN2)CC1)c1cc(-c2ccccc2)on1. The number of aliphatic hydroxyl groups excluding tert-OH is 1. The highest BCUT2D eigenvalue weighted by Crippen LogP contribution is 2.24. The second kappa shape index (κ2) is 7.81. The van der Waals surface area contributed by atoms with Crippen LogP contribution in [-0.2, 0) is 0 Å². The molecule has 1 fully saturated rings. The van der Waals surface area contributed by atoms with Gasteiger partial charge < -0.3 is 20.4 Å². The summed E-state index contributed by atoms with van der Waals surface area (Å²) in [7, 11) is 0. The smallest absolute Gasteiger partial charge is 0.273 e. The molecule has 0 spiro atoms. The molecule has 27 heavy (non-hydrogen) atoms. The van der Waals surface area contributed by atoms with Gasteiger partial charge >= 0.3 is 0 Å². The quantitative estimate of drug-likeness (QED) is 0.634. The van der Waals surface area contributed by atoms with Crippen LogP contribution in [0.15, 0.2) is 52.8 Å². The lowest BCUT2D eigenvalue weighted by Crippen LogP contribution is -2.47. The molecule has 0 saturated heterocycles. The van der Waals surface area contributed by atoms with E-state index < -0.39 is 0 Å². The Morgan fingerprint density at radius 1 is 1.26 bits per heavy atom. The molecule has 0 unspecified atom stereocenters. The number of carbonyl (C=O) groups is 1. The molecule has 2 heterocycles. The summed E-state index contributed by atoms with van der Waals surface area (Å²) in [5.41, 5.74) is 7.93. The van der Waals surface area contributed by atoms with Crippen molar-refractivity contribution in [2.24, 2.45) is 0 Å². The van der Waals surface area contributed by atoms with Crippen LogP contribution < -0.4 is 16.3 Å². The molecule has 4 rings (SSSR count). The zero-order chi connectivity index (χ0) is 18.6. The van der Waals surface area contributed by atoms with Crippen LogP contribution in [0.2, 0.25) is 0 Å². The number of rotatable bonds is 5. The molecule has 1 aliphatic heterocycles.